The van der Waals surface area contributed by atoms with Crippen LogP contribution in [0.25, 0.3) is 5.70 Å². The molecular formula is C15H14N2O4. The van der Waals surface area contributed by atoms with Gasteiger partial charge in [0.1, 0.15) is 5.82 Å². The summed E-state index contributed by atoms with van der Waals surface area (Å²) in [6.07, 6.45) is 1.68. The third-order valence-electron chi connectivity index (χ3n) is 3.04. The van der Waals surface area contributed by atoms with Gasteiger partial charge in [0.15, 0.2) is 5.57 Å². The van der Waals surface area contributed by atoms with E-state index in [1.165, 1.54) is 13.8 Å². The van der Waals surface area contributed by atoms with Crippen LogP contribution in [-0.2, 0) is 19.1 Å². The maximum atomic E-state index is 12.0. The number of benzene rings is 1. The normalized spacial score (nSPS) is 20.2. The smallest absolute Gasteiger partial charge is 0.352 e. The van der Waals surface area contributed by atoms with Gasteiger partial charge in [-0.1, -0.05) is 30.3 Å². The van der Waals surface area contributed by atoms with Crippen molar-refractivity contribution < 1.29 is 19.1 Å². The average molecular weight is 286 g/mol. The van der Waals surface area contributed by atoms with E-state index in [-0.39, 0.29) is 11.4 Å². The van der Waals surface area contributed by atoms with E-state index >= 15 is 0 Å². The fourth-order valence-electron chi connectivity index (χ4n) is 2.12. The highest BCUT2D eigenvalue weighted by molar-refractivity contribution is 6.16. The summed E-state index contributed by atoms with van der Waals surface area (Å²) in [6.45, 7) is 3.01. The van der Waals surface area contributed by atoms with Crippen LogP contribution >= 0.6 is 0 Å². The van der Waals surface area contributed by atoms with Gasteiger partial charge >= 0.3 is 11.9 Å². The zero-order chi connectivity index (χ0) is 15.0. The molecule has 0 unspecified atom stereocenters. The van der Waals surface area contributed by atoms with Crippen molar-refractivity contribution in [3.8, 4) is 0 Å². The van der Waals surface area contributed by atoms with Gasteiger partial charge in [0.2, 0.25) is 0 Å². The molecule has 6 nitrogen and oxygen atoms in total. The van der Waals surface area contributed by atoms with Gasteiger partial charge in [-0.3, -0.25) is 0 Å². The minimum Gasteiger partial charge on any atom is -0.419 e. The van der Waals surface area contributed by atoms with Crippen LogP contribution in [-0.4, -0.2) is 17.7 Å². The van der Waals surface area contributed by atoms with Crippen LogP contribution in [0, 0.1) is 0 Å². The molecule has 0 spiro atoms. The molecule has 0 amide bonds. The molecule has 0 aliphatic carbocycles. The van der Waals surface area contributed by atoms with Crippen molar-refractivity contribution in [2.75, 3.05) is 0 Å². The van der Waals surface area contributed by atoms with Gasteiger partial charge in [-0.05, 0) is 5.56 Å². The molecule has 2 N–H and O–H groups in total. The molecule has 21 heavy (non-hydrogen) atoms. The Bertz CT molecular complexity index is 652. The molecule has 1 saturated heterocycles. The van der Waals surface area contributed by atoms with E-state index in [9.17, 15) is 9.59 Å². The summed E-state index contributed by atoms with van der Waals surface area (Å²) >= 11 is 0. The number of carbonyl (C=O) groups excluding carboxylic acids is 2. The zero-order valence-electron chi connectivity index (χ0n) is 11.6. The first kappa shape index (κ1) is 13.2. The Kier molecular flexibility index (Phi) is 2.94. The quantitative estimate of drug-likeness (QED) is 0.459. The van der Waals surface area contributed by atoms with Gasteiger partial charge in [-0.2, -0.15) is 0 Å². The molecule has 1 aromatic carbocycles. The van der Waals surface area contributed by atoms with Crippen molar-refractivity contribution in [3.05, 3.63) is 53.5 Å². The van der Waals surface area contributed by atoms with Crippen molar-refractivity contribution >= 4 is 17.6 Å². The monoisotopic (exact) mass is 286 g/mol. The second-order valence-corrected chi connectivity index (χ2v) is 5.12. The van der Waals surface area contributed by atoms with E-state index in [0.29, 0.717) is 0 Å². The summed E-state index contributed by atoms with van der Waals surface area (Å²) in [5, 5.41) is 5.86. The largest absolute Gasteiger partial charge is 0.419 e. The molecule has 3 rings (SSSR count). The van der Waals surface area contributed by atoms with Gasteiger partial charge in [-0.15, -0.1) is 0 Å². The van der Waals surface area contributed by atoms with Crippen molar-refractivity contribution in [1.29, 1.82) is 0 Å². The number of ether oxygens (including phenoxy) is 2. The van der Waals surface area contributed by atoms with Gasteiger partial charge in [-0.25, -0.2) is 9.59 Å². The number of nitrogens with one attached hydrogen (secondary N) is 2. The van der Waals surface area contributed by atoms with Crippen molar-refractivity contribution in [1.82, 2.24) is 10.6 Å². The van der Waals surface area contributed by atoms with E-state index in [4.69, 9.17) is 9.47 Å². The second-order valence-electron chi connectivity index (χ2n) is 5.12. The Morgan fingerprint density at radius 1 is 1.00 bits per heavy atom. The lowest BCUT2D eigenvalue weighted by molar-refractivity contribution is -0.222. The predicted molar refractivity (Wildman–Crippen MR) is 74.0 cm³/mol. The maximum absolute atomic E-state index is 12.0. The first-order chi connectivity index (χ1) is 9.96. The summed E-state index contributed by atoms with van der Waals surface area (Å²) < 4.78 is 10.1. The zero-order valence-corrected chi connectivity index (χ0v) is 11.6. The van der Waals surface area contributed by atoms with Gasteiger partial charge in [0.05, 0.1) is 5.70 Å². The first-order valence-corrected chi connectivity index (χ1v) is 6.46. The van der Waals surface area contributed by atoms with Crippen LogP contribution in [0.1, 0.15) is 19.4 Å². The fourth-order valence-corrected chi connectivity index (χ4v) is 2.12. The van der Waals surface area contributed by atoms with Crippen LogP contribution < -0.4 is 10.6 Å². The van der Waals surface area contributed by atoms with Crippen LogP contribution in [0.3, 0.4) is 0 Å². The summed E-state index contributed by atoms with van der Waals surface area (Å²) in [4.78, 5) is 23.9. The molecule has 2 aliphatic rings. The number of carbonyl (C=O) groups is 2. The molecule has 0 aromatic heterocycles. The van der Waals surface area contributed by atoms with E-state index in [1.807, 2.05) is 30.3 Å². The van der Waals surface area contributed by atoms with Crippen molar-refractivity contribution in [2.24, 2.45) is 0 Å². The fraction of sp³-hybridized carbons (Fsp3) is 0.200. The molecule has 0 bridgehead atoms. The van der Waals surface area contributed by atoms with Crippen LogP contribution in [0.15, 0.2) is 47.9 Å². The van der Waals surface area contributed by atoms with E-state index < -0.39 is 17.7 Å². The Balaban J connectivity index is 1.86. The molecule has 2 aliphatic heterocycles. The van der Waals surface area contributed by atoms with Crippen LogP contribution in [0.2, 0.25) is 0 Å². The van der Waals surface area contributed by atoms with Gasteiger partial charge < -0.3 is 20.1 Å². The van der Waals surface area contributed by atoms with Gasteiger partial charge in [0, 0.05) is 20.0 Å². The van der Waals surface area contributed by atoms with Crippen LogP contribution in [0.5, 0.6) is 0 Å². The Morgan fingerprint density at radius 2 is 1.62 bits per heavy atom. The molecule has 1 aromatic rings. The molecule has 0 atom stereocenters. The lowest BCUT2D eigenvalue weighted by Gasteiger charge is -2.30. The Hall–Kier alpha value is -2.76. The minimum atomic E-state index is -1.24. The summed E-state index contributed by atoms with van der Waals surface area (Å²) in [7, 11) is 0. The lowest BCUT2D eigenvalue weighted by Crippen LogP contribution is -2.43. The minimum absolute atomic E-state index is 0.170. The number of rotatable bonds is 1. The standard InChI is InChI=1S/C15H14N2O4/c1-15(2)20-13(18)11(14(19)21-15)12-16-8-10(17-12)9-6-4-3-5-7-9/h3-8,16-17H,1-2H3. The molecule has 6 heteroatoms. The highest BCUT2D eigenvalue weighted by Gasteiger charge is 2.41. The van der Waals surface area contributed by atoms with E-state index in [2.05, 4.69) is 10.6 Å². The number of esters is 2. The topological polar surface area (TPSA) is 76.7 Å². The SMILES string of the molecule is CC1(C)OC(=O)C(=C2NC=C(c3ccccc3)N2)C(=O)O1. The molecule has 0 saturated carbocycles. The molecule has 108 valence electrons. The summed E-state index contributed by atoms with van der Waals surface area (Å²) in [6, 6.07) is 9.52. The van der Waals surface area contributed by atoms with Crippen molar-refractivity contribution in [3.63, 3.8) is 0 Å². The molecular weight excluding hydrogens is 272 g/mol. The van der Waals surface area contributed by atoms with Crippen LogP contribution in [0.4, 0.5) is 0 Å². The number of cyclic esters (lactones) is 2. The molecule has 2 heterocycles. The molecule has 1 fully saturated rings. The third kappa shape index (κ3) is 2.47. The molecule has 0 radical (unpaired) electrons. The summed E-state index contributed by atoms with van der Waals surface area (Å²) in [5.74, 6) is -2.41. The lowest BCUT2D eigenvalue weighted by atomic mass is 10.2. The third-order valence-corrected chi connectivity index (χ3v) is 3.04. The number of hydrogen-bond donors (Lipinski definition) is 2. The first-order valence-electron chi connectivity index (χ1n) is 6.46. The summed E-state index contributed by atoms with van der Waals surface area (Å²) in [5.41, 5.74) is 1.51. The van der Waals surface area contributed by atoms with E-state index in [0.717, 1.165) is 11.3 Å². The Labute approximate surface area is 121 Å². The number of hydrogen-bond acceptors (Lipinski definition) is 6. The van der Waals surface area contributed by atoms with Gasteiger partial charge in [0.25, 0.3) is 5.79 Å². The van der Waals surface area contributed by atoms with Crippen molar-refractivity contribution in [2.45, 2.75) is 19.6 Å². The highest BCUT2D eigenvalue weighted by atomic mass is 16.7. The predicted octanol–water partition coefficient (Wildman–Crippen LogP) is 1.23. The van der Waals surface area contributed by atoms with E-state index in [1.54, 1.807) is 6.20 Å². The highest BCUT2D eigenvalue weighted by Crippen LogP contribution is 2.25. The Morgan fingerprint density at radius 3 is 2.24 bits per heavy atom. The maximum Gasteiger partial charge on any atom is 0.352 e. The average Bonchev–Trinajstić information content (AvgIpc) is 2.87. The second kappa shape index (κ2) is 4.66.